The van der Waals surface area contributed by atoms with Crippen molar-refractivity contribution in [3.63, 3.8) is 0 Å². The molecule has 5 heteroatoms. The van der Waals surface area contributed by atoms with Gasteiger partial charge in [-0.3, -0.25) is 4.90 Å². The summed E-state index contributed by atoms with van der Waals surface area (Å²) in [5.41, 5.74) is 1.25. The van der Waals surface area contributed by atoms with Crippen molar-refractivity contribution in [2.24, 2.45) is 0 Å². The Balaban J connectivity index is 1.46. The fourth-order valence-electron chi connectivity index (χ4n) is 2.14. The van der Waals surface area contributed by atoms with Gasteiger partial charge in [0.05, 0.1) is 6.54 Å². The largest absolute Gasteiger partial charge is 0.488 e. The highest BCUT2D eigenvalue weighted by molar-refractivity contribution is 5.26. The molecular formula is C14H17N3O2. The summed E-state index contributed by atoms with van der Waals surface area (Å²) < 4.78 is 10.8. The van der Waals surface area contributed by atoms with Gasteiger partial charge in [0.15, 0.2) is 5.82 Å². The average Bonchev–Trinajstić information content (AvgIpc) is 2.75. The van der Waals surface area contributed by atoms with Crippen molar-refractivity contribution in [2.45, 2.75) is 26.5 Å². The summed E-state index contributed by atoms with van der Waals surface area (Å²) in [5.74, 6) is 2.29. The van der Waals surface area contributed by atoms with E-state index in [1.807, 2.05) is 12.1 Å². The van der Waals surface area contributed by atoms with Crippen molar-refractivity contribution in [3.05, 3.63) is 41.5 Å². The Morgan fingerprint density at radius 3 is 2.63 bits per heavy atom. The van der Waals surface area contributed by atoms with Gasteiger partial charge < -0.3 is 9.26 Å². The van der Waals surface area contributed by atoms with E-state index >= 15 is 0 Å². The normalized spacial score (nSPS) is 16.3. The second-order valence-electron chi connectivity index (χ2n) is 4.98. The molecule has 1 aromatic heterocycles. The van der Waals surface area contributed by atoms with Gasteiger partial charge in [-0.2, -0.15) is 4.98 Å². The minimum Gasteiger partial charge on any atom is -0.488 e. The molecule has 5 nitrogen and oxygen atoms in total. The lowest BCUT2D eigenvalue weighted by Crippen LogP contribution is -2.53. The Kier molecular flexibility index (Phi) is 3.21. The molecule has 1 saturated heterocycles. The van der Waals surface area contributed by atoms with Gasteiger partial charge in [0.25, 0.3) is 0 Å². The SMILES string of the molecule is Cc1ccc(OC2CN(Cc3noc(C)n3)C2)cc1. The zero-order chi connectivity index (χ0) is 13.2. The number of rotatable bonds is 4. The molecule has 0 aliphatic carbocycles. The molecule has 1 aliphatic heterocycles. The maximum atomic E-state index is 5.87. The number of aryl methyl sites for hydroxylation is 2. The first-order chi connectivity index (χ1) is 9.19. The molecule has 3 rings (SSSR count). The molecule has 0 unspecified atom stereocenters. The van der Waals surface area contributed by atoms with Gasteiger partial charge in [-0.25, -0.2) is 0 Å². The number of aromatic nitrogens is 2. The number of nitrogens with zero attached hydrogens (tertiary/aromatic N) is 3. The van der Waals surface area contributed by atoms with Gasteiger partial charge in [0, 0.05) is 20.0 Å². The third-order valence-electron chi connectivity index (χ3n) is 3.18. The van der Waals surface area contributed by atoms with Crippen LogP contribution in [0.4, 0.5) is 0 Å². The quantitative estimate of drug-likeness (QED) is 0.840. The first-order valence-electron chi connectivity index (χ1n) is 6.44. The van der Waals surface area contributed by atoms with Gasteiger partial charge in [-0.1, -0.05) is 22.9 Å². The van der Waals surface area contributed by atoms with Crippen LogP contribution in [0.1, 0.15) is 17.3 Å². The standard InChI is InChI=1S/C14H17N3O2/c1-10-3-5-12(6-4-10)18-13-7-17(8-13)9-14-15-11(2)19-16-14/h3-6,13H,7-9H2,1-2H3. The molecular weight excluding hydrogens is 242 g/mol. The molecule has 0 N–H and O–H groups in total. The maximum absolute atomic E-state index is 5.87. The van der Waals surface area contributed by atoms with Gasteiger partial charge in [0.2, 0.25) is 5.89 Å². The zero-order valence-corrected chi connectivity index (χ0v) is 11.2. The Hall–Kier alpha value is -1.88. The second-order valence-corrected chi connectivity index (χ2v) is 4.98. The topological polar surface area (TPSA) is 51.4 Å². The number of ether oxygens (including phenoxy) is 1. The maximum Gasteiger partial charge on any atom is 0.223 e. The molecule has 100 valence electrons. The number of benzene rings is 1. The van der Waals surface area contributed by atoms with Crippen molar-refractivity contribution in [1.82, 2.24) is 15.0 Å². The molecule has 0 atom stereocenters. The lowest BCUT2D eigenvalue weighted by Gasteiger charge is -2.38. The highest BCUT2D eigenvalue weighted by Crippen LogP contribution is 2.19. The third-order valence-corrected chi connectivity index (χ3v) is 3.18. The molecule has 19 heavy (non-hydrogen) atoms. The lowest BCUT2D eigenvalue weighted by atomic mass is 10.1. The minimum atomic E-state index is 0.260. The van der Waals surface area contributed by atoms with E-state index in [-0.39, 0.29) is 6.10 Å². The van der Waals surface area contributed by atoms with E-state index in [0.717, 1.165) is 31.2 Å². The van der Waals surface area contributed by atoms with Crippen LogP contribution in [0.3, 0.4) is 0 Å². The van der Waals surface area contributed by atoms with Crippen molar-refractivity contribution in [3.8, 4) is 5.75 Å². The van der Waals surface area contributed by atoms with E-state index in [2.05, 4.69) is 34.1 Å². The summed E-state index contributed by atoms with van der Waals surface area (Å²) in [4.78, 5) is 6.43. The molecule has 0 bridgehead atoms. The van der Waals surface area contributed by atoms with Crippen molar-refractivity contribution < 1.29 is 9.26 Å². The molecule has 0 radical (unpaired) electrons. The van der Waals surface area contributed by atoms with Crippen LogP contribution in [0, 0.1) is 13.8 Å². The first kappa shape index (κ1) is 12.2. The van der Waals surface area contributed by atoms with Gasteiger partial charge in [-0.05, 0) is 19.1 Å². The Bertz CT molecular complexity index is 544. The van der Waals surface area contributed by atoms with E-state index in [1.54, 1.807) is 6.92 Å². The van der Waals surface area contributed by atoms with Crippen LogP contribution in [0.15, 0.2) is 28.8 Å². The van der Waals surface area contributed by atoms with Crippen LogP contribution in [0.25, 0.3) is 0 Å². The van der Waals surface area contributed by atoms with Gasteiger partial charge >= 0.3 is 0 Å². The summed E-state index contributed by atoms with van der Waals surface area (Å²) in [7, 11) is 0. The monoisotopic (exact) mass is 259 g/mol. The molecule has 0 spiro atoms. The summed E-state index contributed by atoms with van der Waals surface area (Å²) in [5, 5.41) is 3.89. The van der Waals surface area contributed by atoms with Gasteiger partial charge in [0.1, 0.15) is 11.9 Å². The molecule has 1 aliphatic rings. The molecule has 2 aromatic rings. The fraction of sp³-hybridized carbons (Fsp3) is 0.429. The van der Waals surface area contributed by atoms with E-state index in [0.29, 0.717) is 5.89 Å². The lowest BCUT2D eigenvalue weighted by molar-refractivity contribution is 0.0126. The van der Waals surface area contributed by atoms with Crippen LogP contribution in [-0.4, -0.2) is 34.2 Å². The van der Waals surface area contributed by atoms with Crippen molar-refractivity contribution >= 4 is 0 Å². The fourth-order valence-corrected chi connectivity index (χ4v) is 2.14. The van der Waals surface area contributed by atoms with Crippen molar-refractivity contribution in [2.75, 3.05) is 13.1 Å². The Labute approximate surface area is 112 Å². The highest BCUT2D eigenvalue weighted by atomic mass is 16.5. The van der Waals surface area contributed by atoms with Crippen molar-refractivity contribution in [1.29, 1.82) is 0 Å². The molecule has 2 heterocycles. The first-order valence-corrected chi connectivity index (χ1v) is 6.44. The predicted molar refractivity (Wildman–Crippen MR) is 69.9 cm³/mol. The van der Waals surface area contributed by atoms with Crippen LogP contribution in [-0.2, 0) is 6.54 Å². The zero-order valence-electron chi connectivity index (χ0n) is 11.2. The van der Waals surface area contributed by atoms with Crippen LogP contribution in [0.2, 0.25) is 0 Å². The summed E-state index contributed by atoms with van der Waals surface area (Å²) >= 11 is 0. The third kappa shape index (κ3) is 2.93. The Morgan fingerprint density at radius 2 is 2.00 bits per heavy atom. The van der Waals surface area contributed by atoms with Gasteiger partial charge in [-0.15, -0.1) is 0 Å². The number of hydrogen-bond donors (Lipinski definition) is 0. The summed E-state index contributed by atoms with van der Waals surface area (Å²) in [6, 6.07) is 8.16. The summed E-state index contributed by atoms with van der Waals surface area (Å²) in [6.45, 7) is 6.41. The summed E-state index contributed by atoms with van der Waals surface area (Å²) in [6.07, 6.45) is 0.260. The van der Waals surface area contributed by atoms with E-state index in [1.165, 1.54) is 5.56 Å². The Morgan fingerprint density at radius 1 is 1.26 bits per heavy atom. The van der Waals surface area contributed by atoms with Crippen LogP contribution in [0.5, 0.6) is 5.75 Å². The van der Waals surface area contributed by atoms with Crippen LogP contribution < -0.4 is 4.74 Å². The van der Waals surface area contributed by atoms with E-state index < -0.39 is 0 Å². The molecule has 1 fully saturated rings. The number of likely N-dealkylation sites (tertiary alicyclic amines) is 1. The number of hydrogen-bond acceptors (Lipinski definition) is 5. The highest BCUT2D eigenvalue weighted by Gasteiger charge is 2.29. The smallest absolute Gasteiger partial charge is 0.223 e. The molecule has 0 saturated carbocycles. The molecule has 1 aromatic carbocycles. The predicted octanol–water partition coefficient (Wildman–Crippen LogP) is 1.95. The molecule has 0 amide bonds. The average molecular weight is 259 g/mol. The van der Waals surface area contributed by atoms with Crippen LogP contribution >= 0.6 is 0 Å². The van der Waals surface area contributed by atoms with E-state index in [4.69, 9.17) is 9.26 Å². The second kappa shape index (κ2) is 5.01. The minimum absolute atomic E-state index is 0.260. The van der Waals surface area contributed by atoms with E-state index in [9.17, 15) is 0 Å².